The predicted octanol–water partition coefficient (Wildman–Crippen LogP) is 2.93. The minimum Gasteiger partial charge on any atom is -0.396 e. The van der Waals surface area contributed by atoms with Crippen LogP contribution in [0, 0.1) is 5.92 Å². The summed E-state index contributed by atoms with van der Waals surface area (Å²) in [7, 11) is 0. The number of nitrogens with two attached hydrogens (primary N) is 1. The number of hydrogen-bond donors (Lipinski definition) is 1. The van der Waals surface area contributed by atoms with Crippen molar-refractivity contribution in [3.8, 4) is 0 Å². The molecule has 2 atom stereocenters. The average molecular weight is 290 g/mol. The summed E-state index contributed by atoms with van der Waals surface area (Å²) in [6.45, 7) is 8.30. The van der Waals surface area contributed by atoms with Gasteiger partial charge < -0.3 is 10.6 Å². The molecule has 2 unspecified atom stereocenters. The summed E-state index contributed by atoms with van der Waals surface area (Å²) in [5.41, 5.74) is 8.90. The van der Waals surface area contributed by atoms with E-state index in [2.05, 4.69) is 5.16 Å². The van der Waals surface area contributed by atoms with Gasteiger partial charge in [-0.2, -0.15) is 0 Å². The highest BCUT2D eigenvalue weighted by Crippen LogP contribution is 2.11. The van der Waals surface area contributed by atoms with Gasteiger partial charge in [-0.15, -0.1) is 0 Å². The monoisotopic (exact) mass is 290 g/mol. The quantitative estimate of drug-likeness (QED) is 0.591. The zero-order chi connectivity index (χ0) is 15.8. The van der Waals surface area contributed by atoms with Gasteiger partial charge in [-0.05, 0) is 37.8 Å². The lowest BCUT2D eigenvalue weighted by Gasteiger charge is -2.15. The molecule has 0 spiro atoms. The van der Waals surface area contributed by atoms with Crippen molar-refractivity contribution in [1.82, 2.24) is 0 Å². The lowest BCUT2D eigenvalue weighted by Crippen LogP contribution is -2.36. The van der Waals surface area contributed by atoms with Crippen LogP contribution in [0.4, 0.5) is 0 Å². The van der Waals surface area contributed by atoms with E-state index in [-0.39, 0.29) is 11.7 Å². The Morgan fingerprint density at radius 2 is 1.90 bits per heavy atom. The van der Waals surface area contributed by atoms with Crippen LogP contribution in [0.2, 0.25) is 0 Å². The molecule has 0 saturated heterocycles. The summed E-state index contributed by atoms with van der Waals surface area (Å²) in [4.78, 5) is 17.0. The molecule has 0 fully saturated rings. The summed E-state index contributed by atoms with van der Waals surface area (Å²) in [5.74, 6) is 0.163. The van der Waals surface area contributed by atoms with Crippen molar-refractivity contribution in [2.45, 2.75) is 46.6 Å². The largest absolute Gasteiger partial charge is 0.396 e. The second-order valence-corrected chi connectivity index (χ2v) is 5.31. The molecule has 4 heteroatoms. The van der Waals surface area contributed by atoms with Gasteiger partial charge >= 0.3 is 0 Å². The lowest BCUT2D eigenvalue weighted by molar-refractivity contribution is -0.123. The number of ketones is 1. The number of oxime groups is 1. The number of carbonyl (C=O) groups excluding carboxylic acids is 1. The van der Waals surface area contributed by atoms with Gasteiger partial charge in [0.2, 0.25) is 0 Å². The zero-order valence-electron chi connectivity index (χ0n) is 13.4. The van der Waals surface area contributed by atoms with E-state index in [1.54, 1.807) is 0 Å². The molecule has 1 aromatic rings. The molecule has 116 valence electrons. The van der Waals surface area contributed by atoms with Crippen LogP contribution in [0.15, 0.2) is 29.4 Å². The van der Waals surface area contributed by atoms with Crippen LogP contribution >= 0.6 is 0 Å². The highest BCUT2D eigenvalue weighted by atomic mass is 16.6. The molecule has 0 saturated carbocycles. The Balaban J connectivity index is 2.68. The summed E-state index contributed by atoms with van der Waals surface area (Å²) < 4.78 is 0. The maximum Gasteiger partial charge on any atom is 0.152 e. The molecule has 0 bridgehead atoms. The minimum atomic E-state index is -0.427. The second-order valence-electron chi connectivity index (χ2n) is 5.31. The maximum atomic E-state index is 12.0. The molecule has 0 aliphatic rings. The highest BCUT2D eigenvalue weighted by Gasteiger charge is 2.19. The standard InChI is InChI=1S/C17H26N2O2/c1-5-12(3)17(20)16(18)11-14-7-9-15(10-8-14)13(4)19-21-6-2/h7-10,12,16H,5-6,11,18H2,1-4H3/b19-13-. The smallest absolute Gasteiger partial charge is 0.152 e. The van der Waals surface area contributed by atoms with Gasteiger partial charge in [0.1, 0.15) is 6.61 Å². The van der Waals surface area contributed by atoms with Crippen molar-refractivity contribution in [2.75, 3.05) is 6.61 Å². The van der Waals surface area contributed by atoms with Crippen LogP contribution in [0.5, 0.6) is 0 Å². The third-order valence-corrected chi connectivity index (χ3v) is 3.62. The van der Waals surface area contributed by atoms with Crippen molar-refractivity contribution in [3.63, 3.8) is 0 Å². The van der Waals surface area contributed by atoms with Gasteiger partial charge in [-0.1, -0.05) is 43.3 Å². The van der Waals surface area contributed by atoms with Gasteiger partial charge in [0, 0.05) is 5.92 Å². The van der Waals surface area contributed by atoms with E-state index < -0.39 is 6.04 Å². The van der Waals surface area contributed by atoms with E-state index in [4.69, 9.17) is 10.6 Å². The molecular weight excluding hydrogens is 264 g/mol. The van der Waals surface area contributed by atoms with Crippen molar-refractivity contribution < 1.29 is 9.63 Å². The Kier molecular flexibility index (Phi) is 7.09. The Bertz CT molecular complexity index is 480. The van der Waals surface area contributed by atoms with Crippen molar-refractivity contribution >= 4 is 11.5 Å². The SMILES string of the molecule is CCO/N=C(/C)c1ccc(CC(N)C(=O)C(C)CC)cc1. The minimum absolute atomic E-state index is 0.0276. The summed E-state index contributed by atoms with van der Waals surface area (Å²) in [6, 6.07) is 7.51. The predicted molar refractivity (Wildman–Crippen MR) is 86.4 cm³/mol. The maximum absolute atomic E-state index is 12.0. The molecular formula is C17H26N2O2. The van der Waals surface area contributed by atoms with Gasteiger partial charge in [0.15, 0.2) is 5.78 Å². The summed E-state index contributed by atoms with van der Waals surface area (Å²) in [5, 5.41) is 4.00. The Morgan fingerprint density at radius 3 is 2.43 bits per heavy atom. The molecule has 4 nitrogen and oxygen atoms in total. The first-order valence-corrected chi connectivity index (χ1v) is 7.54. The van der Waals surface area contributed by atoms with Crippen LogP contribution in [-0.2, 0) is 16.1 Å². The zero-order valence-corrected chi connectivity index (χ0v) is 13.4. The highest BCUT2D eigenvalue weighted by molar-refractivity contribution is 5.98. The first kappa shape index (κ1) is 17.4. The first-order valence-electron chi connectivity index (χ1n) is 7.54. The van der Waals surface area contributed by atoms with Gasteiger partial charge in [0.25, 0.3) is 0 Å². The van der Waals surface area contributed by atoms with Crippen LogP contribution in [0.25, 0.3) is 0 Å². The van der Waals surface area contributed by atoms with E-state index in [0.29, 0.717) is 13.0 Å². The average Bonchev–Trinajstić information content (AvgIpc) is 2.51. The molecule has 0 amide bonds. The van der Waals surface area contributed by atoms with E-state index in [1.807, 2.05) is 52.0 Å². The van der Waals surface area contributed by atoms with Crippen LogP contribution in [0.1, 0.15) is 45.2 Å². The molecule has 0 heterocycles. The number of carbonyl (C=O) groups is 1. The number of hydrogen-bond acceptors (Lipinski definition) is 4. The molecule has 0 aromatic heterocycles. The summed E-state index contributed by atoms with van der Waals surface area (Å²) >= 11 is 0. The molecule has 0 aliphatic carbocycles. The number of benzene rings is 1. The Morgan fingerprint density at radius 1 is 1.29 bits per heavy atom. The van der Waals surface area contributed by atoms with Crippen molar-refractivity contribution in [2.24, 2.45) is 16.8 Å². The first-order chi connectivity index (χ1) is 9.99. The fraction of sp³-hybridized carbons (Fsp3) is 0.529. The van der Waals surface area contributed by atoms with E-state index in [0.717, 1.165) is 23.3 Å². The third kappa shape index (κ3) is 5.31. The molecule has 1 aromatic carbocycles. The van der Waals surface area contributed by atoms with Crippen LogP contribution < -0.4 is 5.73 Å². The van der Waals surface area contributed by atoms with Crippen LogP contribution in [-0.4, -0.2) is 24.1 Å². The third-order valence-electron chi connectivity index (χ3n) is 3.62. The molecule has 0 radical (unpaired) electrons. The topological polar surface area (TPSA) is 64.7 Å². The Labute approximate surface area is 127 Å². The molecule has 1 rings (SSSR count). The normalized spacial score (nSPS) is 14.6. The molecule has 0 aliphatic heterocycles. The molecule has 2 N–H and O–H groups in total. The van der Waals surface area contributed by atoms with E-state index in [9.17, 15) is 4.79 Å². The fourth-order valence-corrected chi connectivity index (χ4v) is 2.02. The van der Waals surface area contributed by atoms with E-state index in [1.165, 1.54) is 0 Å². The van der Waals surface area contributed by atoms with Gasteiger partial charge in [-0.25, -0.2) is 0 Å². The second kappa shape index (κ2) is 8.57. The van der Waals surface area contributed by atoms with E-state index >= 15 is 0 Å². The van der Waals surface area contributed by atoms with Gasteiger partial charge in [0.05, 0.1) is 11.8 Å². The lowest BCUT2D eigenvalue weighted by atomic mass is 9.93. The summed E-state index contributed by atoms with van der Waals surface area (Å²) in [6.07, 6.45) is 1.41. The van der Waals surface area contributed by atoms with Crippen molar-refractivity contribution in [3.05, 3.63) is 35.4 Å². The van der Waals surface area contributed by atoms with Crippen molar-refractivity contribution in [1.29, 1.82) is 0 Å². The number of rotatable bonds is 8. The fourth-order valence-electron chi connectivity index (χ4n) is 2.02. The van der Waals surface area contributed by atoms with Gasteiger partial charge in [-0.3, -0.25) is 4.79 Å². The number of nitrogens with zero attached hydrogens (tertiary/aromatic N) is 1. The molecule has 21 heavy (non-hydrogen) atoms. The van der Waals surface area contributed by atoms with Crippen LogP contribution in [0.3, 0.4) is 0 Å². The Hall–Kier alpha value is -1.68. The number of Topliss-reactive ketones (excluding diaryl/α,β-unsaturated/α-hetero) is 1.